The van der Waals surface area contributed by atoms with E-state index in [2.05, 4.69) is 10.6 Å². The van der Waals surface area contributed by atoms with Crippen molar-refractivity contribution in [3.63, 3.8) is 0 Å². The van der Waals surface area contributed by atoms with Gasteiger partial charge in [0.2, 0.25) is 5.91 Å². The molecule has 3 N–H and O–H groups in total. The highest BCUT2D eigenvalue weighted by Crippen LogP contribution is 1.95. The molecule has 1 atom stereocenters. The van der Waals surface area contributed by atoms with Gasteiger partial charge in [-0.2, -0.15) is 0 Å². The van der Waals surface area contributed by atoms with E-state index in [0.29, 0.717) is 26.2 Å². The first kappa shape index (κ1) is 15.9. The first-order valence-corrected chi connectivity index (χ1v) is 5.92. The number of carboxylic acids is 1. The average Bonchev–Trinajstić information content (AvgIpc) is 2.29. The minimum atomic E-state index is -0.922. The first-order valence-electron chi connectivity index (χ1n) is 5.92. The monoisotopic (exact) mass is 246 g/mol. The molecule has 17 heavy (non-hydrogen) atoms. The number of amides is 1. The summed E-state index contributed by atoms with van der Waals surface area (Å²) in [5.41, 5.74) is 0. The largest absolute Gasteiger partial charge is 0.480 e. The highest BCUT2D eigenvalue weighted by atomic mass is 16.5. The van der Waals surface area contributed by atoms with Gasteiger partial charge in [0.25, 0.3) is 0 Å². The number of ether oxygens (including phenoxy) is 1. The van der Waals surface area contributed by atoms with Crippen LogP contribution in [0, 0.1) is 0 Å². The van der Waals surface area contributed by atoms with Crippen molar-refractivity contribution in [2.24, 2.45) is 0 Å². The number of rotatable bonds is 10. The fourth-order valence-corrected chi connectivity index (χ4v) is 1.29. The molecule has 0 saturated heterocycles. The van der Waals surface area contributed by atoms with Gasteiger partial charge in [-0.15, -0.1) is 0 Å². The zero-order valence-electron chi connectivity index (χ0n) is 10.5. The van der Waals surface area contributed by atoms with Crippen molar-refractivity contribution in [2.45, 2.75) is 32.7 Å². The third-order valence-electron chi connectivity index (χ3n) is 2.16. The number of hydrogen-bond acceptors (Lipinski definition) is 4. The van der Waals surface area contributed by atoms with E-state index < -0.39 is 12.0 Å². The van der Waals surface area contributed by atoms with Crippen LogP contribution in [-0.4, -0.2) is 49.3 Å². The molecule has 0 spiro atoms. The molecule has 0 aromatic carbocycles. The van der Waals surface area contributed by atoms with Gasteiger partial charge in [0.15, 0.2) is 0 Å². The Kier molecular flexibility index (Phi) is 9.37. The number of carboxylic acid groups (broad SMARTS) is 1. The van der Waals surface area contributed by atoms with E-state index in [0.717, 1.165) is 6.42 Å². The predicted octanol–water partition coefficient (Wildman–Crippen LogP) is -0.0180. The van der Waals surface area contributed by atoms with Crippen LogP contribution in [0.1, 0.15) is 26.7 Å². The summed E-state index contributed by atoms with van der Waals surface area (Å²) in [6.07, 6.45) is 1.28. The lowest BCUT2D eigenvalue weighted by molar-refractivity contribution is -0.139. The lowest BCUT2D eigenvalue weighted by atomic mass is 10.2. The lowest BCUT2D eigenvalue weighted by Crippen LogP contribution is -2.43. The molecule has 1 unspecified atom stereocenters. The SMILES string of the molecule is CCCC(NCC(=O)NCCOCC)C(=O)O. The Hall–Kier alpha value is -1.14. The maximum absolute atomic E-state index is 11.3. The zero-order valence-corrected chi connectivity index (χ0v) is 10.5. The van der Waals surface area contributed by atoms with E-state index in [9.17, 15) is 9.59 Å². The summed E-state index contributed by atoms with van der Waals surface area (Å²) in [5.74, 6) is -1.14. The summed E-state index contributed by atoms with van der Waals surface area (Å²) in [6.45, 7) is 5.33. The molecule has 0 aliphatic heterocycles. The standard InChI is InChI=1S/C11H22N2O4/c1-3-5-9(11(15)16)13-8-10(14)12-6-7-17-4-2/h9,13H,3-8H2,1-2H3,(H,12,14)(H,15,16). The first-order chi connectivity index (χ1) is 8.11. The van der Waals surface area contributed by atoms with Crippen molar-refractivity contribution in [1.82, 2.24) is 10.6 Å². The van der Waals surface area contributed by atoms with Crippen LogP contribution in [0.2, 0.25) is 0 Å². The third kappa shape index (κ3) is 8.65. The van der Waals surface area contributed by atoms with E-state index in [1.54, 1.807) is 0 Å². The van der Waals surface area contributed by atoms with E-state index in [4.69, 9.17) is 9.84 Å². The van der Waals surface area contributed by atoms with Crippen LogP contribution in [0.4, 0.5) is 0 Å². The summed E-state index contributed by atoms with van der Waals surface area (Å²) in [4.78, 5) is 22.1. The summed E-state index contributed by atoms with van der Waals surface area (Å²) in [6, 6.07) is -0.655. The predicted molar refractivity (Wildman–Crippen MR) is 63.8 cm³/mol. The quantitative estimate of drug-likeness (QED) is 0.472. The third-order valence-corrected chi connectivity index (χ3v) is 2.16. The van der Waals surface area contributed by atoms with Gasteiger partial charge in [0.05, 0.1) is 13.2 Å². The van der Waals surface area contributed by atoms with Gasteiger partial charge in [0, 0.05) is 13.2 Å². The van der Waals surface area contributed by atoms with Crippen molar-refractivity contribution >= 4 is 11.9 Å². The van der Waals surface area contributed by atoms with Crippen molar-refractivity contribution < 1.29 is 19.4 Å². The molecule has 1 amide bonds. The molecule has 100 valence electrons. The maximum atomic E-state index is 11.3. The normalized spacial score (nSPS) is 12.1. The molecule has 0 bridgehead atoms. The van der Waals surface area contributed by atoms with E-state index in [1.807, 2.05) is 13.8 Å². The van der Waals surface area contributed by atoms with E-state index >= 15 is 0 Å². The molecule has 0 aliphatic carbocycles. The molecule has 0 heterocycles. The number of carbonyl (C=O) groups excluding carboxylic acids is 1. The maximum Gasteiger partial charge on any atom is 0.320 e. The van der Waals surface area contributed by atoms with Crippen LogP contribution in [-0.2, 0) is 14.3 Å². The van der Waals surface area contributed by atoms with Gasteiger partial charge in [-0.3, -0.25) is 14.9 Å². The molecular formula is C11H22N2O4. The molecule has 0 aromatic rings. The highest BCUT2D eigenvalue weighted by Gasteiger charge is 2.16. The van der Waals surface area contributed by atoms with E-state index in [-0.39, 0.29) is 12.5 Å². The smallest absolute Gasteiger partial charge is 0.320 e. The molecule has 0 saturated carbocycles. The van der Waals surface area contributed by atoms with Gasteiger partial charge in [-0.05, 0) is 13.3 Å². The van der Waals surface area contributed by atoms with Gasteiger partial charge in [-0.1, -0.05) is 13.3 Å². The number of nitrogens with one attached hydrogen (secondary N) is 2. The van der Waals surface area contributed by atoms with Crippen LogP contribution >= 0.6 is 0 Å². The molecule has 6 nitrogen and oxygen atoms in total. The van der Waals surface area contributed by atoms with Gasteiger partial charge in [0.1, 0.15) is 6.04 Å². The Morgan fingerprint density at radius 3 is 2.59 bits per heavy atom. The summed E-state index contributed by atoms with van der Waals surface area (Å²) < 4.78 is 5.06. The molecule has 0 aromatic heterocycles. The Morgan fingerprint density at radius 1 is 1.35 bits per heavy atom. The second kappa shape index (κ2) is 10.0. The molecule has 0 radical (unpaired) electrons. The Bertz CT molecular complexity index is 234. The van der Waals surface area contributed by atoms with Crippen molar-refractivity contribution in [3.8, 4) is 0 Å². The summed E-state index contributed by atoms with van der Waals surface area (Å²) >= 11 is 0. The average molecular weight is 246 g/mol. The fraction of sp³-hybridized carbons (Fsp3) is 0.818. The molecule has 6 heteroatoms. The second-order valence-corrected chi connectivity index (χ2v) is 3.61. The number of aliphatic carboxylic acids is 1. The molecule has 0 rings (SSSR count). The zero-order chi connectivity index (χ0) is 13.1. The summed E-state index contributed by atoms with van der Waals surface area (Å²) in [5, 5.41) is 14.2. The Balaban J connectivity index is 3.69. The van der Waals surface area contributed by atoms with Crippen molar-refractivity contribution in [2.75, 3.05) is 26.3 Å². The van der Waals surface area contributed by atoms with E-state index in [1.165, 1.54) is 0 Å². The fourth-order valence-electron chi connectivity index (χ4n) is 1.29. The van der Waals surface area contributed by atoms with Crippen LogP contribution in [0.25, 0.3) is 0 Å². The van der Waals surface area contributed by atoms with Crippen molar-refractivity contribution in [3.05, 3.63) is 0 Å². The van der Waals surface area contributed by atoms with Gasteiger partial charge in [-0.25, -0.2) is 0 Å². The Labute approximate surface area is 102 Å². The molecule has 0 aliphatic rings. The minimum absolute atomic E-state index is 0.0170. The van der Waals surface area contributed by atoms with Gasteiger partial charge < -0.3 is 15.2 Å². The highest BCUT2D eigenvalue weighted by molar-refractivity contribution is 5.79. The minimum Gasteiger partial charge on any atom is -0.480 e. The topological polar surface area (TPSA) is 87.7 Å². The Morgan fingerprint density at radius 2 is 2.06 bits per heavy atom. The van der Waals surface area contributed by atoms with Crippen molar-refractivity contribution in [1.29, 1.82) is 0 Å². The van der Waals surface area contributed by atoms with Gasteiger partial charge >= 0.3 is 5.97 Å². The molecule has 0 fully saturated rings. The van der Waals surface area contributed by atoms with Crippen LogP contribution in [0.5, 0.6) is 0 Å². The number of carbonyl (C=O) groups is 2. The molecular weight excluding hydrogens is 224 g/mol. The van der Waals surface area contributed by atoms with Crippen LogP contribution < -0.4 is 10.6 Å². The van der Waals surface area contributed by atoms with Crippen LogP contribution in [0.3, 0.4) is 0 Å². The summed E-state index contributed by atoms with van der Waals surface area (Å²) in [7, 11) is 0. The van der Waals surface area contributed by atoms with Crippen LogP contribution in [0.15, 0.2) is 0 Å². The lowest BCUT2D eigenvalue weighted by Gasteiger charge is -2.13. The second-order valence-electron chi connectivity index (χ2n) is 3.61. The number of hydrogen-bond donors (Lipinski definition) is 3.